The molecule has 28 heavy (non-hydrogen) atoms. The maximum atomic E-state index is 12.0. The standard InChI is InChI=1S/C23H28N2OS.BrH/c1-16-5-9-18(10-6-16)13-23(26)20(19-11-7-17(2)8-12-19)27-21-24-14-22(3,4)15-25(21)23;/h5-12,20,26H,13-15H2,1-4H3;1H. The molecule has 0 aliphatic carbocycles. The van der Waals surface area contributed by atoms with Gasteiger partial charge in [-0.2, -0.15) is 0 Å². The zero-order valence-corrected chi connectivity index (χ0v) is 19.5. The quantitative estimate of drug-likeness (QED) is 0.674. The van der Waals surface area contributed by atoms with Gasteiger partial charge in [0.15, 0.2) is 10.9 Å². The highest BCUT2D eigenvalue weighted by Gasteiger charge is 2.54. The molecule has 2 unspecified atom stereocenters. The molecule has 1 saturated heterocycles. The molecule has 0 aromatic heterocycles. The fraction of sp³-hybridized carbons (Fsp3) is 0.435. The van der Waals surface area contributed by atoms with E-state index in [0.717, 1.165) is 29.4 Å². The summed E-state index contributed by atoms with van der Waals surface area (Å²) in [5.74, 6) is 0. The fourth-order valence-electron chi connectivity index (χ4n) is 3.93. The van der Waals surface area contributed by atoms with E-state index in [0.29, 0.717) is 6.42 Å². The van der Waals surface area contributed by atoms with Crippen LogP contribution < -0.4 is 0 Å². The van der Waals surface area contributed by atoms with Gasteiger partial charge in [0.2, 0.25) is 0 Å². The third-order valence-corrected chi connectivity index (χ3v) is 6.98. The number of fused-ring (bicyclic) bond motifs is 1. The zero-order valence-electron chi connectivity index (χ0n) is 17.0. The van der Waals surface area contributed by atoms with E-state index >= 15 is 0 Å². The molecular weight excluding hydrogens is 432 g/mol. The van der Waals surface area contributed by atoms with Crippen LogP contribution in [0.4, 0.5) is 0 Å². The van der Waals surface area contributed by atoms with Crippen molar-refractivity contribution in [3.05, 3.63) is 70.8 Å². The van der Waals surface area contributed by atoms with Crippen molar-refractivity contribution >= 4 is 33.9 Å². The zero-order chi connectivity index (χ0) is 19.2. The van der Waals surface area contributed by atoms with Gasteiger partial charge >= 0.3 is 0 Å². The van der Waals surface area contributed by atoms with Crippen molar-refractivity contribution in [3.63, 3.8) is 0 Å². The van der Waals surface area contributed by atoms with Crippen molar-refractivity contribution in [2.24, 2.45) is 10.4 Å². The molecular formula is C23H29BrN2OS. The molecule has 2 heterocycles. The lowest BCUT2D eigenvalue weighted by Crippen LogP contribution is -2.55. The molecule has 1 N–H and O–H groups in total. The minimum atomic E-state index is -0.980. The third-order valence-electron chi connectivity index (χ3n) is 5.53. The normalized spacial score (nSPS) is 25.7. The molecule has 0 spiro atoms. The van der Waals surface area contributed by atoms with Gasteiger partial charge in [-0.25, -0.2) is 0 Å². The van der Waals surface area contributed by atoms with Gasteiger partial charge in [0.05, 0.1) is 5.25 Å². The number of benzene rings is 2. The molecule has 2 aliphatic rings. The Hall–Kier alpha value is -1.30. The first-order chi connectivity index (χ1) is 12.8. The molecule has 4 rings (SSSR count). The highest BCUT2D eigenvalue weighted by atomic mass is 79.9. The number of hydrogen-bond acceptors (Lipinski definition) is 4. The summed E-state index contributed by atoms with van der Waals surface area (Å²) in [4.78, 5) is 6.99. The van der Waals surface area contributed by atoms with E-state index in [-0.39, 0.29) is 27.6 Å². The summed E-state index contributed by atoms with van der Waals surface area (Å²) in [5.41, 5.74) is 3.88. The number of halogens is 1. The molecule has 2 aliphatic heterocycles. The second-order valence-corrected chi connectivity index (χ2v) is 9.87. The van der Waals surface area contributed by atoms with Gasteiger partial charge < -0.3 is 10.0 Å². The van der Waals surface area contributed by atoms with Crippen molar-refractivity contribution < 1.29 is 5.11 Å². The van der Waals surface area contributed by atoms with Gasteiger partial charge in [0, 0.05) is 24.9 Å². The maximum absolute atomic E-state index is 12.0. The van der Waals surface area contributed by atoms with Crippen LogP contribution in [0.3, 0.4) is 0 Å². The molecule has 0 bridgehead atoms. The van der Waals surface area contributed by atoms with Crippen LogP contribution in [-0.4, -0.2) is 34.0 Å². The van der Waals surface area contributed by atoms with Crippen LogP contribution >= 0.6 is 28.7 Å². The lowest BCUT2D eigenvalue weighted by Gasteiger charge is -2.43. The number of nitrogens with zero attached hydrogens (tertiary/aromatic N) is 2. The Balaban J connectivity index is 0.00000225. The summed E-state index contributed by atoms with van der Waals surface area (Å²) < 4.78 is 0. The first-order valence-electron chi connectivity index (χ1n) is 9.60. The number of thioether (sulfide) groups is 1. The van der Waals surface area contributed by atoms with Crippen LogP contribution in [-0.2, 0) is 6.42 Å². The van der Waals surface area contributed by atoms with Crippen molar-refractivity contribution in [1.82, 2.24) is 4.90 Å². The minimum absolute atomic E-state index is 0. The summed E-state index contributed by atoms with van der Waals surface area (Å²) >= 11 is 1.71. The van der Waals surface area contributed by atoms with Crippen LogP contribution in [0.2, 0.25) is 0 Å². The number of aryl methyl sites for hydroxylation is 2. The molecule has 0 amide bonds. The second-order valence-electron chi connectivity index (χ2n) is 8.80. The van der Waals surface area contributed by atoms with E-state index in [1.54, 1.807) is 11.8 Å². The molecule has 0 saturated carbocycles. The van der Waals surface area contributed by atoms with E-state index in [1.807, 2.05) is 0 Å². The molecule has 0 radical (unpaired) electrons. The highest BCUT2D eigenvalue weighted by molar-refractivity contribution is 8.93. The summed E-state index contributed by atoms with van der Waals surface area (Å²) in [6, 6.07) is 17.1. The van der Waals surface area contributed by atoms with Gasteiger partial charge in [-0.05, 0) is 25.0 Å². The van der Waals surface area contributed by atoms with E-state index in [1.165, 1.54) is 11.1 Å². The number of rotatable bonds is 3. The van der Waals surface area contributed by atoms with Gasteiger partial charge in [-0.3, -0.25) is 4.99 Å². The predicted molar refractivity (Wildman–Crippen MR) is 124 cm³/mol. The Morgan fingerprint density at radius 3 is 2.21 bits per heavy atom. The molecule has 150 valence electrons. The van der Waals surface area contributed by atoms with Gasteiger partial charge in [-0.15, -0.1) is 17.0 Å². The molecule has 2 aromatic carbocycles. The number of amidine groups is 1. The summed E-state index contributed by atoms with van der Waals surface area (Å²) in [6.45, 7) is 10.3. The van der Waals surface area contributed by atoms with Gasteiger partial charge in [0.25, 0.3) is 0 Å². The first-order valence-corrected chi connectivity index (χ1v) is 10.5. The lowest BCUT2D eigenvalue weighted by atomic mass is 9.87. The molecule has 2 aromatic rings. The Morgan fingerprint density at radius 1 is 1.04 bits per heavy atom. The van der Waals surface area contributed by atoms with Gasteiger partial charge in [0.1, 0.15) is 0 Å². The second kappa shape index (κ2) is 7.85. The Morgan fingerprint density at radius 2 is 1.61 bits per heavy atom. The topological polar surface area (TPSA) is 35.8 Å². The Labute approximate surface area is 183 Å². The first kappa shape index (κ1) is 21.4. The van der Waals surface area contributed by atoms with Crippen LogP contribution in [0.15, 0.2) is 53.5 Å². The number of hydrogen-bond donors (Lipinski definition) is 1. The van der Waals surface area contributed by atoms with Crippen LogP contribution in [0.5, 0.6) is 0 Å². The monoisotopic (exact) mass is 460 g/mol. The fourth-order valence-corrected chi connectivity index (χ4v) is 5.32. The number of aliphatic hydroxyl groups is 1. The predicted octanol–water partition coefficient (Wildman–Crippen LogP) is 5.30. The Kier molecular flexibility index (Phi) is 6.00. The van der Waals surface area contributed by atoms with Crippen LogP contribution in [0, 0.1) is 19.3 Å². The van der Waals surface area contributed by atoms with Gasteiger partial charge in [-0.1, -0.05) is 85.3 Å². The average molecular weight is 461 g/mol. The van der Waals surface area contributed by atoms with Crippen molar-refractivity contribution in [2.75, 3.05) is 13.1 Å². The number of aliphatic imine (C=N–C) groups is 1. The Bertz CT molecular complexity index is 863. The summed E-state index contributed by atoms with van der Waals surface area (Å²) in [7, 11) is 0. The smallest absolute Gasteiger partial charge is 0.162 e. The molecule has 2 atom stereocenters. The SMILES string of the molecule is Br.Cc1ccc(CC2(O)C(c3ccc(C)cc3)SC3=NCC(C)(C)CN32)cc1. The van der Waals surface area contributed by atoms with E-state index in [4.69, 9.17) is 4.99 Å². The maximum Gasteiger partial charge on any atom is 0.162 e. The van der Waals surface area contributed by atoms with Crippen molar-refractivity contribution in [3.8, 4) is 0 Å². The molecule has 1 fully saturated rings. The minimum Gasteiger partial charge on any atom is -0.369 e. The lowest BCUT2D eigenvalue weighted by molar-refractivity contribution is -0.0781. The van der Waals surface area contributed by atoms with Crippen LogP contribution in [0.1, 0.15) is 41.4 Å². The van der Waals surface area contributed by atoms with Crippen LogP contribution in [0.25, 0.3) is 0 Å². The van der Waals surface area contributed by atoms with Crippen molar-refractivity contribution in [2.45, 2.75) is 45.1 Å². The molecule has 5 heteroatoms. The summed E-state index contributed by atoms with van der Waals surface area (Å²) in [6.07, 6.45) is 0.591. The third kappa shape index (κ3) is 4.03. The average Bonchev–Trinajstić information content (AvgIpc) is 2.89. The van der Waals surface area contributed by atoms with E-state index < -0.39 is 5.72 Å². The van der Waals surface area contributed by atoms with E-state index in [2.05, 4.69) is 81.1 Å². The van der Waals surface area contributed by atoms with E-state index in [9.17, 15) is 5.11 Å². The largest absolute Gasteiger partial charge is 0.369 e. The summed E-state index contributed by atoms with van der Waals surface area (Å²) in [5, 5.41) is 13.0. The highest BCUT2D eigenvalue weighted by Crippen LogP contribution is 2.52. The van der Waals surface area contributed by atoms with Crippen molar-refractivity contribution in [1.29, 1.82) is 0 Å². The molecule has 3 nitrogen and oxygen atoms in total.